The molecule has 0 saturated carbocycles. The van der Waals surface area contributed by atoms with Crippen LogP contribution in [0, 0.1) is 19.8 Å². The largest absolute Gasteiger partial charge is 0.493 e. The summed E-state index contributed by atoms with van der Waals surface area (Å²) in [5.74, 6) is 2.07. The number of nitrogens with zero attached hydrogens (tertiary/aromatic N) is 4. The zero-order chi connectivity index (χ0) is 26.5. The summed E-state index contributed by atoms with van der Waals surface area (Å²) in [7, 11) is 2.14. The highest BCUT2D eigenvalue weighted by Crippen LogP contribution is 2.22. The predicted octanol–water partition coefficient (Wildman–Crippen LogP) is 5.33. The summed E-state index contributed by atoms with van der Waals surface area (Å²) in [5.41, 5.74) is 5.22. The van der Waals surface area contributed by atoms with E-state index in [1.165, 1.54) is 16.5 Å². The number of amides is 1. The van der Waals surface area contributed by atoms with Gasteiger partial charge in [-0.15, -0.1) is 0 Å². The van der Waals surface area contributed by atoms with Crippen LogP contribution in [0.2, 0.25) is 0 Å². The zero-order valence-electron chi connectivity index (χ0n) is 22.5. The number of pyridine rings is 1. The number of carbonyl (C=O) groups is 1. The molecule has 0 N–H and O–H groups in total. The minimum absolute atomic E-state index is 0.136. The van der Waals surface area contributed by atoms with Crippen molar-refractivity contribution in [3.63, 3.8) is 0 Å². The number of aryl methyl sites for hydroxylation is 2. The summed E-state index contributed by atoms with van der Waals surface area (Å²) in [6, 6.07) is 18.9. The van der Waals surface area contributed by atoms with Gasteiger partial charge in [0.05, 0.1) is 24.2 Å². The van der Waals surface area contributed by atoms with Crippen LogP contribution in [0.15, 0.2) is 65.3 Å². The molecule has 2 aromatic carbocycles. The molecule has 5 rings (SSSR count). The molecule has 7 nitrogen and oxygen atoms in total. The van der Waals surface area contributed by atoms with E-state index in [0.717, 1.165) is 67.3 Å². The van der Waals surface area contributed by atoms with Gasteiger partial charge in [0.2, 0.25) is 5.91 Å². The Balaban J connectivity index is 1.12. The fourth-order valence-corrected chi connectivity index (χ4v) is 5.30. The van der Waals surface area contributed by atoms with E-state index in [2.05, 4.69) is 64.6 Å². The first-order valence-corrected chi connectivity index (χ1v) is 13.4. The number of aromatic nitrogens is 2. The third kappa shape index (κ3) is 6.40. The van der Waals surface area contributed by atoms with Crippen molar-refractivity contribution in [1.82, 2.24) is 19.9 Å². The highest BCUT2D eigenvalue weighted by Gasteiger charge is 2.25. The highest BCUT2D eigenvalue weighted by molar-refractivity contribution is 5.79. The topological polar surface area (TPSA) is 71.7 Å². The van der Waals surface area contributed by atoms with E-state index >= 15 is 0 Å². The second-order valence-electron chi connectivity index (χ2n) is 10.5. The van der Waals surface area contributed by atoms with Gasteiger partial charge >= 0.3 is 0 Å². The lowest BCUT2D eigenvalue weighted by Crippen LogP contribution is -2.42. The zero-order valence-corrected chi connectivity index (χ0v) is 22.5. The maximum Gasteiger partial charge on any atom is 0.227 e. The van der Waals surface area contributed by atoms with Crippen molar-refractivity contribution < 1.29 is 14.1 Å². The number of likely N-dealkylation sites (tertiary alicyclic amines) is 1. The number of hydrogen-bond acceptors (Lipinski definition) is 6. The summed E-state index contributed by atoms with van der Waals surface area (Å²) < 4.78 is 11.4. The van der Waals surface area contributed by atoms with Gasteiger partial charge in [0, 0.05) is 49.2 Å². The van der Waals surface area contributed by atoms with Crippen LogP contribution in [0.3, 0.4) is 0 Å². The Morgan fingerprint density at radius 2 is 1.95 bits per heavy atom. The maximum atomic E-state index is 12.9. The standard InChI is InChI=1S/C31H36N4O3/c1-22-29(23(2)38-33-22)17-31(36)35-14-6-8-26(20-35)21-37-28-10-4-7-24(16-28)18-34(3)19-25-11-12-30-27(15-25)9-5-13-32-30/h4-5,7,9-13,15-16,26H,6,8,14,17-21H2,1-3H3/t26-/m0/s1. The van der Waals surface area contributed by atoms with E-state index in [1.54, 1.807) is 0 Å². The molecule has 0 radical (unpaired) electrons. The second kappa shape index (κ2) is 11.8. The molecule has 198 valence electrons. The van der Waals surface area contributed by atoms with Crippen molar-refractivity contribution in [3.8, 4) is 5.75 Å². The summed E-state index contributed by atoms with van der Waals surface area (Å²) in [6.07, 6.45) is 4.24. The number of fused-ring (bicyclic) bond motifs is 1. The molecular weight excluding hydrogens is 476 g/mol. The molecule has 0 spiro atoms. The molecule has 3 heterocycles. The third-order valence-corrected chi connectivity index (χ3v) is 7.34. The number of carbonyl (C=O) groups excluding carboxylic acids is 1. The van der Waals surface area contributed by atoms with Gasteiger partial charge in [-0.2, -0.15) is 0 Å². The molecule has 0 bridgehead atoms. The normalized spacial score (nSPS) is 15.8. The monoisotopic (exact) mass is 512 g/mol. The highest BCUT2D eigenvalue weighted by atomic mass is 16.5. The van der Waals surface area contributed by atoms with E-state index in [0.29, 0.717) is 18.9 Å². The van der Waals surface area contributed by atoms with Crippen molar-refractivity contribution in [2.45, 2.75) is 46.2 Å². The van der Waals surface area contributed by atoms with Gasteiger partial charge in [0.1, 0.15) is 11.5 Å². The van der Waals surface area contributed by atoms with Crippen molar-refractivity contribution in [2.24, 2.45) is 5.92 Å². The molecule has 1 aliphatic heterocycles. The van der Waals surface area contributed by atoms with Gasteiger partial charge in [-0.25, -0.2) is 0 Å². The minimum Gasteiger partial charge on any atom is -0.493 e. The molecule has 2 aromatic heterocycles. The van der Waals surface area contributed by atoms with E-state index in [-0.39, 0.29) is 5.91 Å². The smallest absolute Gasteiger partial charge is 0.227 e. The summed E-state index contributed by atoms with van der Waals surface area (Å²) >= 11 is 0. The summed E-state index contributed by atoms with van der Waals surface area (Å²) in [6.45, 7) is 7.58. The van der Waals surface area contributed by atoms with Crippen LogP contribution in [0.25, 0.3) is 10.9 Å². The SMILES string of the molecule is Cc1noc(C)c1CC(=O)N1CCC[C@H](COc2cccc(CN(C)Cc3ccc4ncccc4c3)c2)C1. The Morgan fingerprint density at radius 3 is 2.76 bits per heavy atom. The number of piperidine rings is 1. The molecule has 0 unspecified atom stereocenters. The first kappa shape index (κ1) is 25.9. The Labute approximate surface area is 224 Å². The van der Waals surface area contributed by atoms with Crippen molar-refractivity contribution in [1.29, 1.82) is 0 Å². The van der Waals surface area contributed by atoms with Crippen LogP contribution in [-0.2, 0) is 24.3 Å². The minimum atomic E-state index is 0.136. The quantitative estimate of drug-likeness (QED) is 0.302. The van der Waals surface area contributed by atoms with Crippen LogP contribution in [0.1, 0.15) is 41.0 Å². The maximum absolute atomic E-state index is 12.9. The van der Waals surface area contributed by atoms with Crippen LogP contribution in [-0.4, -0.2) is 52.6 Å². The third-order valence-electron chi connectivity index (χ3n) is 7.34. The van der Waals surface area contributed by atoms with Gasteiger partial charge < -0.3 is 14.2 Å². The van der Waals surface area contributed by atoms with Crippen LogP contribution >= 0.6 is 0 Å². The van der Waals surface area contributed by atoms with Crippen molar-refractivity contribution in [3.05, 3.63) is 88.9 Å². The second-order valence-corrected chi connectivity index (χ2v) is 10.5. The van der Waals surface area contributed by atoms with E-state index < -0.39 is 0 Å². The van der Waals surface area contributed by atoms with Crippen LogP contribution in [0.5, 0.6) is 5.75 Å². The van der Waals surface area contributed by atoms with Crippen LogP contribution < -0.4 is 4.74 Å². The average molecular weight is 513 g/mol. The van der Waals surface area contributed by atoms with E-state index in [9.17, 15) is 4.79 Å². The van der Waals surface area contributed by atoms with Gasteiger partial charge in [-0.1, -0.05) is 29.4 Å². The fourth-order valence-electron chi connectivity index (χ4n) is 5.30. The van der Waals surface area contributed by atoms with Gasteiger partial charge in [0.15, 0.2) is 0 Å². The summed E-state index contributed by atoms with van der Waals surface area (Å²) in [5, 5.41) is 5.14. The lowest BCUT2D eigenvalue weighted by atomic mass is 9.98. The predicted molar refractivity (Wildman–Crippen MR) is 148 cm³/mol. The van der Waals surface area contributed by atoms with Gasteiger partial charge in [-0.05, 0) is 75.2 Å². The molecular formula is C31H36N4O3. The number of benzene rings is 2. The first-order valence-electron chi connectivity index (χ1n) is 13.4. The van der Waals surface area contributed by atoms with Crippen molar-refractivity contribution in [2.75, 3.05) is 26.7 Å². The summed E-state index contributed by atoms with van der Waals surface area (Å²) in [4.78, 5) is 21.6. The van der Waals surface area contributed by atoms with Crippen LogP contribution in [0.4, 0.5) is 0 Å². The molecule has 7 heteroatoms. The Bertz CT molecular complexity index is 1380. The molecule has 38 heavy (non-hydrogen) atoms. The number of ether oxygens (including phenoxy) is 1. The molecule has 1 aliphatic rings. The van der Waals surface area contributed by atoms with Gasteiger partial charge in [-0.3, -0.25) is 14.7 Å². The number of hydrogen-bond donors (Lipinski definition) is 0. The first-order chi connectivity index (χ1) is 18.4. The Hall–Kier alpha value is -3.71. The Morgan fingerprint density at radius 1 is 1.11 bits per heavy atom. The van der Waals surface area contributed by atoms with Crippen molar-refractivity contribution >= 4 is 16.8 Å². The van der Waals surface area contributed by atoms with E-state index in [1.807, 2.05) is 37.1 Å². The molecule has 0 aliphatic carbocycles. The Kier molecular flexibility index (Phi) is 8.03. The average Bonchev–Trinajstić information content (AvgIpc) is 3.24. The molecule has 1 saturated heterocycles. The molecule has 1 atom stereocenters. The fraction of sp³-hybridized carbons (Fsp3) is 0.387. The van der Waals surface area contributed by atoms with E-state index in [4.69, 9.17) is 9.26 Å². The molecule has 1 fully saturated rings. The molecule has 4 aromatic rings. The van der Waals surface area contributed by atoms with Gasteiger partial charge in [0.25, 0.3) is 0 Å². The lowest BCUT2D eigenvalue weighted by molar-refractivity contribution is -0.132. The molecule has 1 amide bonds. The number of rotatable bonds is 9. The lowest BCUT2D eigenvalue weighted by Gasteiger charge is -2.32.